The van der Waals surface area contributed by atoms with Crippen LogP contribution in [0.2, 0.25) is 0 Å². The third-order valence-electron chi connectivity index (χ3n) is 3.41. The van der Waals surface area contributed by atoms with E-state index in [9.17, 15) is 0 Å². The standard InChI is InChI=1S/C16H16N2O/c1-2-11-10-18-8-7-13(11)16(17)15-9-12-5-3-4-6-14(12)19-15/h3-10,16H,2,17H2,1H3. The number of furan rings is 1. The fourth-order valence-corrected chi connectivity index (χ4v) is 2.35. The molecular weight excluding hydrogens is 236 g/mol. The minimum absolute atomic E-state index is 0.245. The molecule has 1 atom stereocenters. The van der Waals surface area contributed by atoms with Crippen molar-refractivity contribution >= 4 is 11.0 Å². The highest BCUT2D eigenvalue weighted by atomic mass is 16.3. The molecule has 96 valence electrons. The summed E-state index contributed by atoms with van der Waals surface area (Å²) in [6, 6.07) is 11.7. The first-order chi connectivity index (χ1) is 9.29. The average molecular weight is 252 g/mol. The van der Waals surface area contributed by atoms with Gasteiger partial charge in [-0.3, -0.25) is 4.98 Å². The largest absolute Gasteiger partial charge is 0.459 e. The van der Waals surface area contributed by atoms with Gasteiger partial charge < -0.3 is 10.2 Å². The number of para-hydroxylation sites is 1. The zero-order valence-electron chi connectivity index (χ0n) is 10.8. The van der Waals surface area contributed by atoms with Crippen molar-refractivity contribution in [2.45, 2.75) is 19.4 Å². The number of benzene rings is 1. The Bertz CT molecular complexity index is 670. The number of hydrogen-bond acceptors (Lipinski definition) is 3. The van der Waals surface area contributed by atoms with E-state index in [0.29, 0.717) is 0 Å². The Balaban J connectivity index is 2.05. The van der Waals surface area contributed by atoms with Crippen LogP contribution in [0.3, 0.4) is 0 Å². The van der Waals surface area contributed by atoms with Crippen LogP contribution in [-0.4, -0.2) is 4.98 Å². The summed E-state index contributed by atoms with van der Waals surface area (Å²) in [6.45, 7) is 2.10. The number of rotatable bonds is 3. The van der Waals surface area contributed by atoms with Gasteiger partial charge in [0, 0.05) is 17.8 Å². The molecule has 1 unspecified atom stereocenters. The maximum Gasteiger partial charge on any atom is 0.134 e. The number of pyridine rings is 1. The van der Waals surface area contributed by atoms with E-state index in [0.717, 1.165) is 34.3 Å². The lowest BCUT2D eigenvalue weighted by Crippen LogP contribution is -2.13. The number of fused-ring (bicyclic) bond motifs is 1. The molecule has 0 saturated carbocycles. The Kier molecular flexibility index (Phi) is 3.05. The van der Waals surface area contributed by atoms with E-state index in [1.54, 1.807) is 6.20 Å². The van der Waals surface area contributed by atoms with Crippen molar-refractivity contribution in [2.24, 2.45) is 5.73 Å². The fraction of sp³-hybridized carbons (Fsp3) is 0.188. The minimum atomic E-state index is -0.245. The maximum absolute atomic E-state index is 6.34. The molecule has 0 fully saturated rings. The lowest BCUT2D eigenvalue weighted by molar-refractivity contribution is 0.523. The highest BCUT2D eigenvalue weighted by Gasteiger charge is 2.16. The van der Waals surface area contributed by atoms with Gasteiger partial charge in [-0.15, -0.1) is 0 Å². The van der Waals surface area contributed by atoms with E-state index in [2.05, 4.69) is 11.9 Å². The molecule has 2 N–H and O–H groups in total. The third-order valence-corrected chi connectivity index (χ3v) is 3.41. The van der Waals surface area contributed by atoms with Crippen molar-refractivity contribution in [3.63, 3.8) is 0 Å². The van der Waals surface area contributed by atoms with E-state index >= 15 is 0 Å². The van der Waals surface area contributed by atoms with Gasteiger partial charge in [-0.1, -0.05) is 25.1 Å². The van der Waals surface area contributed by atoms with Gasteiger partial charge in [0.05, 0.1) is 6.04 Å². The normalized spacial score (nSPS) is 12.7. The molecule has 1 aromatic carbocycles. The molecule has 19 heavy (non-hydrogen) atoms. The quantitative estimate of drug-likeness (QED) is 0.776. The van der Waals surface area contributed by atoms with Crippen molar-refractivity contribution in [1.82, 2.24) is 4.98 Å². The summed E-state index contributed by atoms with van der Waals surface area (Å²) < 4.78 is 5.84. The number of aromatic nitrogens is 1. The molecule has 3 heteroatoms. The molecular formula is C16H16N2O. The lowest BCUT2D eigenvalue weighted by Gasteiger charge is -2.12. The van der Waals surface area contributed by atoms with Gasteiger partial charge in [0.15, 0.2) is 0 Å². The summed E-state index contributed by atoms with van der Waals surface area (Å²) >= 11 is 0. The molecule has 0 aliphatic rings. The van der Waals surface area contributed by atoms with Crippen molar-refractivity contribution in [2.75, 3.05) is 0 Å². The smallest absolute Gasteiger partial charge is 0.134 e. The van der Waals surface area contributed by atoms with Crippen LogP contribution in [0, 0.1) is 0 Å². The van der Waals surface area contributed by atoms with Gasteiger partial charge in [0.2, 0.25) is 0 Å². The summed E-state index contributed by atoms with van der Waals surface area (Å²) in [4.78, 5) is 4.15. The Hall–Kier alpha value is -2.13. The monoisotopic (exact) mass is 252 g/mol. The van der Waals surface area contributed by atoms with Crippen LogP contribution in [0.1, 0.15) is 29.9 Å². The summed E-state index contributed by atoms with van der Waals surface area (Å²) in [6.07, 6.45) is 4.56. The minimum Gasteiger partial charge on any atom is -0.459 e. The first-order valence-corrected chi connectivity index (χ1v) is 6.46. The number of nitrogens with two attached hydrogens (primary N) is 1. The molecule has 0 saturated heterocycles. The van der Waals surface area contributed by atoms with E-state index < -0.39 is 0 Å². The van der Waals surface area contributed by atoms with Gasteiger partial charge in [-0.25, -0.2) is 0 Å². The SMILES string of the molecule is CCc1cnccc1C(N)c1cc2ccccc2o1. The fourth-order valence-electron chi connectivity index (χ4n) is 2.35. The molecule has 0 spiro atoms. The van der Waals surface area contributed by atoms with Gasteiger partial charge in [-0.05, 0) is 35.7 Å². The molecule has 3 nitrogen and oxygen atoms in total. The Morgan fingerprint density at radius 3 is 2.89 bits per heavy atom. The van der Waals surface area contributed by atoms with Gasteiger partial charge in [-0.2, -0.15) is 0 Å². The molecule has 0 bridgehead atoms. The first kappa shape index (κ1) is 11.9. The summed E-state index contributed by atoms with van der Waals surface area (Å²) in [5, 5.41) is 1.08. The van der Waals surface area contributed by atoms with Crippen LogP contribution in [0.15, 0.2) is 53.2 Å². The van der Waals surface area contributed by atoms with Crippen molar-refractivity contribution in [3.8, 4) is 0 Å². The van der Waals surface area contributed by atoms with Gasteiger partial charge >= 0.3 is 0 Å². The van der Waals surface area contributed by atoms with Crippen LogP contribution in [0.25, 0.3) is 11.0 Å². The van der Waals surface area contributed by atoms with Gasteiger partial charge in [0.1, 0.15) is 11.3 Å². The molecule has 2 aromatic heterocycles. The molecule has 3 aromatic rings. The van der Waals surface area contributed by atoms with Crippen molar-refractivity contribution < 1.29 is 4.42 Å². The topological polar surface area (TPSA) is 52.0 Å². The lowest BCUT2D eigenvalue weighted by atomic mass is 10.00. The number of hydrogen-bond donors (Lipinski definition) is 1. The molecule has 0 amide bonds. The average Bonchev–Trinajstić information content (AvgIpc) is 2.90. The molecule has 0 radical (unpaired) electrons. The Labute approximate surface area is 112 Å². The van der Waals surface area contributed by atoms with Gasteiger partial charge in [0.25, 0.3) is 0 Å². The van der Waals surface area contributed by atoms with E-state index in [1.165, 1.54) is 0 Å². The van der Waals surface area contributed by atoms with E-state index in [4.69, 9.17) is 10.2 Å². The third kappa shape index (κ3) is 2.13. The van der Waals surface area contributed by atoms with Crippen LogP contribution in [-0.2, 0) is 6.42 Å². The predicted molar refractivity (Wildman–Crippen MR) is 75.9 cm³/mol. The number of aryl methyl sites for hydroxylation is 1. The van der Waals surface area contributed by atoms with Crippen LogP contribution in [0.4, 0.5) is 0 Å². The number of nitrogens with zero attached hydrogens (tertiary/aromatic N) is 1. The zero-order chi connectivity index (χ0) is 13.2. The predicted octanol–water partition coefficient (Wildman–Crippen LogP) is 3.44. The molecule has 0 aliphatic carbocycles. The summed E-state index contributed by atoms with van der Waals surface area (Å²) in [7, 11) is 0. The highest BCUT2D eigenvalue weighted by Crippen LogP contribution is 2.28. The zero-order valence-corrected chi connectivity index (χ0v) is 10.8. The van der Waals surface area contributed by atoms with Crippen LogP contribution < -0.4 is 5.73 Å². The second-order valence-corrected chi connectivity index (χ2v) is 4.59. The van der Waals surface area contributed by atoms with Crippen LogP contribution in [0.5, 0.6) is 0 Å². The molecule has 3 rings (SSSR count). The summed E-state index contributed by atoms with van der Waals surface area (Å²) in [5.74, 6) is 0.794. The second-order valence-electron chi connectivity index (χ2n) is 4.59. The van der Waals surface area contributed by atoms with E-state index in [1.807, 2.05) is 42.6 Å². The Morgan fingerprint density at radius 2 is 2.11 bits per heavy atom. The molecule has 0 aliphatic heterocycles. The summed E-state index contributed by atoms with van der Waals surface area (Å²) in [5.41, 5.74) is 9.45. The molecule has 2 heterocycles. The highest BCUT2D eigenvalue weighted by molar-refractivity contribution is 5.78. The maximum atomic E-state index is 6.34. The van der Waals surface area contributed by atoms with Crippen molar-refractivity contribution in [3.05, 3.63) is 65.7 Å². The van der Waals surface area contributed by atoms with E-state index in [-0.39, 0.29) is 6.04 Å². The van der Waals surface area contributed by atoms with Crippen molar-refractivity contribution in [1.29, 1.82) is 0 Å². The Morgan fingerprint density at radius 1 is 1.26 bits per heavy atom. The first-order valence-electron chi connectivity index (χ1n) is 6.46. The van der Waals surface area contributed by atoms with Crippen LogP contribution >= 0.6 is 0 Å². The second kappa shape index (κ2) is 4.86.